The van der Waals surface area contributed by atoms with E-state index >= 15 is 0 Å². The molecule has 0 bridgehead atoms. The quantitative estimate of drug-likeness (QED) is 0.740. The van der Waals surface area contributed by atoms with Crippen LogP contribution in [0.4, 0.5) is 0 Å². The molecule has 4 heteroatoms. The number of hydrogen-bond donors (Lipinski definition) is 0. The summed E-state index contributed by atoms with van der Waals surface area (Å²) in [6.07, 6.45) is 10.5. The van der Waals surface area contributed by atoms with Gasteiger partial charge in [-0.2, -0.15) is 10.2 Å². The van der Waals surface area contributed by atoms with Gasteiger partial charge in [-0.05, 0) is 39.5 Å². The van der Waals surface area contributed by atoms with E-state index in [4.69, 9.17) is 10.2 Å². The molecule has 0 aromatic carbocycles. The van der Waals surface area contributed by atoms with Gasteiger partial charge < -0.3 is 0 Å². The first-order chi connectivity index (χ1) is 9.75. The van der Waals surface area contributed by atoms with Crippen molar-refractivity contribution in [2.24, 2.45) is 10.2 Å². The average molecular weight is 278 g/mol. The van der Waals surface area contributed by atoms with Crippen molar-refractivity contribution in [2.45, 2.75) is 65.2 Å². The summed E-state index contributed by atoms with van der Waals surface area (Å²) in [7, 11) is 0. The van der Waals surface area contributed by atoms with Crippen LogP contribution in [-0.2, 0) is 0 Å². The SMILES string of the molecule is CC(=NN1CCCCCC1)C(C)=NN1CCCCCC1. The highest BCUT2D eigenvalue weighted by Gasteiger charge is 2.10. The van der Waals surface area contributed by atoms with Gasteiger partial charge >= 0.3 is 0 Å². The minimum atomic E-state index is 1.08. The summed E-state index contributed by atoms with van der Waals surface area (Å²) in [4.78, 5) is 0. The summed E-state index contributed by atoms with van der Waals surface area (Å²) in [6.45, 7) is 8.62. The predicted molar refractivity (Wildman–Crippen MR) is 86.3 cm³/mol. The Bertz CT molecular complexity index is 298. The van der Waals surface area contributed by atoms with E-state index in [9.17, 15) is 0 Å². The third-order valence-corrected chi connectivity index (χ3v) is 4.27. The van der Waals surface area contributed by atoms with Gasteiger partial charge in [-0.25, -0.2) is 0 Å². The summed E-state index contributed by atoms with van der Waals surface area (Å²) in [5.41, 5.74) is 2.16. The maximum Gasteiger partial charge on any atom is 0.0803 e. The highest BCUT2D eigenvalue weighted by atomic mass is 15.5. The van der Waals surface area contributed by atoms with Crippen LogP contribution in [0.15, 0.2) is 10.2 Å². The smallest absolute Gasteiger partial charge is 0.0803 e. The van der Waals surface area contributed by atoms with Crippen molar-refractivity contribution in [3.8, 4) is 0 Å². The van der Waals surface area contributed by atoms with E-state index in [-0.39, 0.29) is 0 Å². The second-order valence-corrected chi connectivity index (χ2v) is 6.11. The van der Waals surface area contributed by atoms with Crippen molar-refractivity contribution in [1.82, 2.24) is 10.0 Å². The van der Waals surface area contributed by atoms with E-state index in [1.165, 1.54) is 51.4 Å². The van der Waals surface area contributed by atoms with E-state index in [2.05, 4.69) is 23.9 Å². The van der Waals surface area contributed by atoms with E-state index in [1.807, 2.05) is 0 Å². The highest BCUT2D eigenvalue weighted by molar-refractivity contribution is 6.40. The Hall–Kier alpha value is -1.06. The molecule has 2 rings (SSSR count). The molecule has 2 saturated heterocycles. The molecule has 0 unspecified atom stereocenters. The zero-order valence-corrected chi connectivity index (χ0v) is 13.3. The fourth-order valence-corrected chi connectivity index (χ4v) is 2.88. The molecule has 0 N–H and O–H groups in total. The Labute approximate surface area is 123 Å². The maximum atomic E-state index is 4.78. The Morgan fingerprint density at radius 3 is 1.15 bits per heavy atom. The van der Waals surface area contributed by atoms with E-state index in [0.29, 0.717) is 0 Å². The molecule has 0 aliphatic carbocycles. The van der Waals surface area contributed by atoms with Crippen LogP contribution in [-0.4, -0.2) is 47.6 Å². The molecular formula is C16H30N4. The molecule has 2 heterocycles. The van der Waals surface area contributed by atoms with Crippen LogP contribution in [0, 0.1) is 0 Å². The van der Waals surface area contributed by atoms with Crippen LogP contribution in [0.5, 0.6) is 0 Å². The Morgan fingerprint density at radius 2 is 0.850 bits per heavy atom. The summed E-state index contributed by atoms with van der Waals surface area (Å²) >= 11 is 0. The van der Waals surface area contributed by atoms with Gasteiger partial charge in [-0.15, -0.1) is 0 Å². The first-order valence-corrected chi connectivity index (χ1v) is 8.36. The fourth-order valence-electron chi connectivity index (χ4n) is 2.88. The first kappa shape index (κ1) is 15.3. The topological polar surface area (TPSA) is 31.2 Å². The van der Waals surface area contributed by atoms with Crippen molar-refractivity contribution in [1.29, 1.82) is 0 Å². The summed E-state index contributed by atoms with van der Waals surface area (Å²) in [6, 6.07) is 0. The molecule has 114 valence electrons. The van der Waals surface area contributed by atoms with Gasteiger partial charge in [0.2, 0.25) is 0 Å². The van der Waals surface area contributed by atoms with Crippen molar-refractivity contribution >= 4 is 11.4 Å². The molecule has 4 nitrogen and oxygen atoms in total. The minimum Gasteiger partial charge on any atom is -0.297 e. The second kappa shape index (κ2) is 8.28. The molecule has 2 fully saturated rings. The largest absolute Gasteiger partial charge is 0.297 e. The Kier molecular flexibility index (Phi) is 6.34. The normalized spacial score (nSPS) is 23.5. The highest BCUT2D eigenvalue weighted by Crippen LogP contribution is 2.11. The predicted octanol–water partition coefficient (Wildman–Crippen LogP) is 3.49. The van der Waals surface area contributed by atoms with Gasteiger partial charge in [0.15, 0.2) is 0 Å². The molecule has 0 spiro atoms. The van der Waals surface area contributed by atoms with Gasteiger partial charge in [0, 0.05) is 26.2 Å². The monoisotopic (exact) mass is 278 g/mol. The van der Waals surface area contributed by atoms with Crippen molar-refractivity contribution in [3.63, 3.8) is 0 Å². The lowest BCUT2D eigenvalue weighted by atomic mass is 10.2. The van der Waals surface area contributed by atoms with Crippen LogP contribution >= 0.6 is 0 Å². The average Bonchev–Trinajstić information content (AvgIpc) is 2.83. The van der Waals surface area contributed by atoms with E-state index in [1.54, 1.807) is 0 Å². The van der Waals surface area contributed by atoms with Crippen molar-refractivity contribution in [2.75, 3.05) is 26.2 Å². The summed E-state index contributed by atoms with van der Waals surface area (Å²) in [5.74, 6) is 0. The molecule has 0 atom stereocenters. The lowest BCUT2D eigenvalue weighted by Crippen LogP contribution is -2.25. The Balaban J connectivity index is 1.93. The second-order valence-electron chi connectivity index (χ2n) is 6.11. The van der Waals surface area contributed by atoms with Gasteiger partial charge in [-0.3, -0.25) is 10.0 Å². The molecule has 0 aromatic rings. The summed E-state index contributed by atoms with van der Waals surface area (Å²) in [5, 5.41) is 14.0. The fraction of sp³-hybridized carbons (Fsp3) is 0.875. The molecule has 20 heavy (non-hydrogen) atoms. The lowest BCUT2D eigenvalue weighted by molar-refractivity contribution is 0.297. The molecule has 0 saturated carbocycles. The van der Waals surface area contributed by atoms with Gasteiger partial charge in [0.25, 0.3) is 0 Å². The minimum absolute atomic E-state index is 1.08. The molecule has 2 aliphatic rings. The standard InChI is InChI=1S/C16H30N4/c1-15(17-19-11-7-3-4-8-12-19)16(2)18-20-13-9-5-6-10-14-20/h3-14H2,1-2H3. The number of rotatable bonds is 3. The number of nitrogens with zero attached hydrogens (tertiary/aromatic N) is 4. The summed E-state index contributed by atoms with van der Waals surface area (Å²) < 4.78 is 0. The third-order valence-electron chi connectivity index (χ3n) is 4.27. The van der Waals surface area contributed by atoms with Crippen molar-refractivity contribution < 1.29 is 0 Å². The van der Waals surface area contributed by atoms with Gasteiger partial charge in [0.05, 0.1) is 11.4 Å². The first-order valence-electron chi connectivity index (χ1n) is 8.36. The molecule has 0 radical (unpaired) electrons. The van der Waals surface area contributed by atoms with E-state index in [0.717, 1.165) is 37.6 Å². The van der Waals surface area contributed by atoms with Crippen LogP contribution in [0.3, 0.4) is 0 Å². The zero-order valence-electron chi connectivity index (χ0n) is 13.3. The van der Waals surface area contributed by atoms with E-state index < -0.39 is 0 Å². The van der Waals surface area contributed by atoms with Crippen LogP contribution in [0.2, 0.25) is 0 Å². The number of hydrazone groups is 2. The lowest BCUT2D eigenvalue weighted by Gasteiger charge is -2.19. The van der Waals surface area contributed by atoms with Crippen LogP contribution in [0.25, 0.3) is 0 Å². The van der Waals surface area contributed by atoms with Crippen LogP contribution in [0.1, 0.15) is 65.2 Å². The third kappa shape index (κ3) is 5.14. The zero-order chi connectivity index (χ0) is 14.2. The molecule has 0 aromatic heterocycles. The Morgan fingerprint density at radius 1 is 0.550 bits per heavy atom. The van der Waals surface area contributed by atoms with Crippen molar-refractivity contribution in [3.05, 3.63) is 0 Å². The number of hydrogen-bond acceptors (Lipinski definition) is 4. The van der Waals surface area contributed by atoms with Crippen LogP contribution < -0.4 is 0 Å². The van der Waals surface area contributed by atoms with Gasteiger partial charge in [-0.1, -0.05) is 25.7 Å². The molecular weight excluding hydrogens is 248 g/mol. The van der Waals surface area contributed by atoms with Gasteiger partial charge in [0.1, 0.15) is 0 Å². The molecule has 0 amide bonds. The maximum absolute atomic E-state index is 4.78. The molecule has 2 aliphatic heterocycles.